The van der Waals surface area contributed by atoms with Gasteiger partial charge in [0.15, 0.2) is 0 Å². The summed E-state index contributed by atoms with van der Waals surface area (Å²) in [5.41, 5.74) is 4.73. The van der Waals surface area contributed by atoms with Crippen molar-refractivity contribution in [2.24, 2.45) is 0 Å². The number of ether oxygens (including phenoxy) is 7. The minimum absolute atomic E-state index is 0.0178. The number of esters is 7. The van der Waals surface area contributed by atoms with Gasteiger partial charge in [0, 0.05) is 127 Å². The molecule has 135 heavy (non-hydrogen) atoms. The molecule has 0 bridgehead atoms. The second-order valence-electron chi connectivity index (χ2n) is 33.6. The van der Waals surface area contributed by atoms with Crippen LogP contribution < -0.4 is 0 Å². The first-order chi connectivity index (χ1) is 65.0. The fourth-order valence-corrected chi connectivity index (χ4v) is 14.0. The van der Waals surface area contributed by atoms with E-state index in [1.807, 2.05) is 122 Å². The zero-order chi connectivity index (χ0) is 98.1. The number of allylic oxidation sites excluding steroid dienone is 13. The molecule has 4 aromatic rings. The van der Waals surface area contributed by atoms with Crippen molar-refractivity contribution in [1.82, 2.24) is 39.4 Å². The smallest absolute Gasteiger partial charge is 0.348 e. The number of hydrogen-bond donors (Lipinski definition) is 0. The summed E-state index contributed by atoms with van der Waals surface area (Å²) < 4.78 is 35.3. The predicted octanol–water partition coefficient (Wildman–Crippen LogP) is 17.9. The van der Waals surface area contributed by atoms with Crippen molar-refractivity contribution in [2.45, 2.75) is 214 Å². The first kappa shape index (κ1) is 109. The maximum atomic E-state index is 12.0. The predicted molar refractivity (Wildman–Crippen MR) is 513 cm³/mol. The zero-order valence-corrected chi connectivity index (χ0v) is 79.4. The Morgan fingerprint density at radius 1 is 0.393 bits per heavy atom. The van der Waals surface area contributed by atoms with E-state index in [1.165, 1.54) is 213 Å². The number of hydrogen-bond acceptors (Lipinski definition) is 25. The number of nitrogens with zero attached hydrogens (tertiary/aromatic N) is 13. The fourth-order valence-electron chi connectivity index (χ4n) is 14.0. The van der Waals surface area contributed by atoms with Crippen LogP contribution >= 0.6 is 0 Å². The third-order valence-electron chi connectivity index (χ3n) is 21.1. The Bertz CT molecular complexity index is 4930. The Morgan fingerprint density at radius 3 is 1.01 bits per heavy atom. The average molecular weight is 1840 g/mol. The SMILES string of the molecule is CC1(C)OC(=O)C(=C/C=C/N(Cc2ccccc2)Cc2ccccc2)C(=O)O1.CC1(C)OC(=O)C(=C/C=C/N2CCCCC2)C(=O)O1.CCCCCCCCCCCCOC(=O)/C(C#N)=C/C=C/N1CCCCC1.CN1C(=O)C(=C/C=C/N2CCCCC2)C(=O)N1C.N#CC(C#N)=C/C=C/N(Cc1ccccc1)Cc1ccccc1.[C-]#[N+]CN(/C=C/C=C1C(=O)OC(C)(C)OC1=O)C[N+]#[C-]. The molecule has 7 fully saturated rings. The standard InChI is InChI=1S/C23H38N2O2.C23H23NO4.C20H17N3.C14H19NO4.C13H13N3O4.C13H19N3O2/c1-2-3-4-5-6-7-8-9-10-14-20-27-23(26)22(21-24)16-15-19-25-17-12-11-13-18-25;1-23(2)27-21(25)20(22(26)28-23)14-9-15-24(16-18-10-5-3-6-11-18)17-19-12-7-4-8-13-19;21-14-20(15-22)12-7-13-23(16-18-8-3-1-4-9-18)17-19-10-5-2-6-11-19;1-14(2)18-12(16)11(13(17)19-14)7-6-10-15-8-4-3-5-9-15;1-13(2)19-11(17)10(12(18)20-13)6-5-7-16(8-14-3)9-15-4;1-14-12(17)11(13(18)15(14)2)7-6-10-16-8-4-3-5-9-16/h15-16,19H,2-14,17-18,20H2,1H3;3-15H,16-17H2,1-2H3;1-13H,16-17H2;6-7,10H,3-5,8-9H2,1-2H3;5-7H,8-9H2,1-2H3;6-7,10H,3-5,8-9H2,1-2H3/b19-15+,22-16+;15-9+;13-7+;10-6+;7-5+;10-6+. The van der Waals surface area contributed by atoms with Crippen molar-refractivity contribution in [3.05, 3.63) is 310 Å². The van der Waals surface area contributed by atoms with Gasteiger partial charge in [-0.05, 0) is 190 Å². The van der Waals surface area contributed by atoms with Gasteiger partial charge in [0.1, 0.15) is 51.6 Å². The number of cyclic esters (lactones) is 6. The molecule has 0 saturated carbocycles. The Hall–Kier alpha value is -14.8. The monoisotopic (exact) mass is 1840 g/mol. The van der Waals surface area contributed by atoms with Gasteiger partial charge in [0.2, 0.25) is 0 Å². The highest BCUT2D eigenvalue weighted by Gasteiger charge is 2.41. The second-order valence-corrected chi connectivity index (χ2v) is 33.6. The van der Waals surface area contributed by atoms with Crippen LogP contribution in [-0.4, -0.2) is 184 Å². The Balaban J connectivity index is 0.000000251. The van der Waals surface area contributed by atoms with E-state index in [4.69, 9.17) is 62.1 Å². The van der Waals surface area contributed by atoms with E-state index in [-0.39, 0.29) is 58.6 Å². The van der Waals surface area contributed by atoms with E-state index < -0.39 is 59.1 Å². The van der Waals surface area contributed by atoms with E-state index in [9.17, 15) is 43.2 Å². The lowest BCUT2D eigenvalue weighted by atomic mass is 10.1. The maximum absolute atomic E-state index is 12.0. The Labute approximate surface area is 796 Å². The van der Waals surface area contributed by atoms with Gasteiger partial charge in [-0.3, -0.25) is 29.3 Å². The van der Waals surface area contributed by atoms with Crippen molar-refractivity contribution >= 4 is 53.6 Å². The van der Waals surface area contributed by atoms with Crippen LogP contribution in [-0.2, 0) is 102 Å². The van der Waals surface area contributed by atoms with Crippen molar-refractivity contribution in [3.63, 3.8) is 0 Å². The first-order valence-electron chi connectivity index (χ1n) is 45.9. The molecule has 0 unspecified atom stereocenters. The highest BCUT2D eigenvalue weighted by atomic mass is 16.8. The van der Waals surface area contributed by atoms with Gasteiger partial charge in [-0.1, -0.05) is 186 Å². The number of carbonyl (C=O) groups excluding carboxylic acids is 9. The molecular weight excluding hydrogens is 1710 g/mol. The van der Waals surface area contributed by atoms with E-state index in [0.29, 0.717) is 19.7 Å². The van der Waals surface area contributed by atoms with E-state index in [1.54, 1.807) is 56.6 Å². The molecule has 7 saturated heterocycles. The molecule has 11 rings (SSSR count). The lowest BCUT2D eigenvalue weighted by molar-refractivity contribution is -0.224. The number of nitriles is 3. The number of piperidine rings is 3. The van der Waals surface area contributed by atoms with Crippen molar-refractivity contribution in [2.75, 3.05) is 73.3 Å². The molecule has 0 radical (unpaired) electrons. The largest absolute Gasteiger partial charge is 0.462 e. The topological polar surface area (TPSA) is 324 Å². The van der Waals surface area contributed by atoms with Gasteiger partial charge < -0.3 is 57.7 Å². The lowest BCUT2D eigenvalue weighted by Gasteiger charge is -2.29. The number of likely N-dealkylation sites (N-methyl/N-ethyl adjacent to an activating group) is 2. The van der Waals surface area contributed by atoms with Gasteiger partial charge in [0.25, 0.3) is 42.5 Å². The number of unbranched alkanes of at least 4 members (excludes halogenated alkanes) is 9. The molecule has 7 aliphatic rings. The van der Waals surface area contributed by atoms with Crippen LogP contribution in [0.4, 0.5) is 0 Å². The molecule has 714 valence electrons. The highest BCUT2D eigenvalue weighted by Crippen LogP contribution is 2.27. The van der Waals surface area contributed by atoms with Crippen LogP contribution in [0.1, 0.15) is 193 Å². The van der Waals surface area contributed by atoms with E-state index in [2.05, 4.69) is 89.6 Å². The van der Waals surface area contributed by atoms with Gasteiger partial charge >= 0.3 is 41.8 Å². The van der Waals surface area contributed by atoms with Crippen LogP contribution in [0.5, 0.6) is 0 Å². The summed E-state index contributed by atoms with van der Waals surface area (Å²) in [5, 5.41) is 29.3. The van der Waals surface area contributed by atoms with Crippen LogP contribution in [0.2, 0.25) is 0 Å². The summed E-state index contributed by atoms with van der Waals surface area (Å²) in [6.45, 7) is 34.3. The van der Waals surface area contributed by atoms with Crippen molar-refractivity contribution < 1.29 is 76.3 Å². The molecule has 2 amide bonds. The minimum Gasteiger partial charge on any atom is -0.462 e. The zero-order valence-electron chi connectivity index (χ0n) is 79.4. The molecule has 0 spiro atoms. The van der Waals surface area contributed by atoms with Crippen LogP contribution in [0.3, 0.4) is 0 Å². The number of amides is 2. The number of hydrazine groups is 1. The normalized spacial score (nSPS) is 16.6. The second kappa shape index (κ2) is 60.3. The average Bonchev–Trinajstić information content (AvgIpc) is 1.27. The van der Waals surface area contributed by atoms with E-state index in [0.717, 1.165) is 76.3 Å². The number of benzene rings is 4. The molecule has 0 aliphatic carbocycles. The van der Waals surface area contributed by atoms with Gasteiger partial charge in [-0.15, -0.1) is 0 Å². The van der Waals surface area contributed by atoms with E-state index >= 15 is 0 Å². The van der Waals surface area contributed by atoms with Crippen LogP contribution in [0.15, 0.2) is 265 Å². The van der Waals surface area contributed by atoms with Crippen molar-refractivity contribution in [1.29, 1.82) is 15.8 Å². The van der Waals surface area contributed by atoms with Crippen LogP contribution in [0, 0.1) is 47.1 Å². The number of likely N-dealkylation sites (tertiary alicyclic amines) is 3. The summed E-state index contributed by atoms with van der Waals surface area (Å²) in [6, 6.07) is 46.2. The maximum Gasteiger partial charge on any atom is 0.348 e. The lowest BCUT2D eigenvalue weighted by Crippen LogP contribution is -2.41. The Morgan fingerprint density at radius 2 is 0.689 bits per heavy atom. The first-order valence-corrected chi connectivity index (χ1v) is 45.9. The van der Waals surface area contributed by atoms with Gasteiger partial charge in [-0.25, -0.2) is 51.6 Å². The molecule has 29 nitrogen and oxygen atoms in total. The Kier molecular flexibility index (Phi) is 48.7. The summed E-state index contributed by atoms with van der Waals surface area (Å²) in [6.07, 6.45) is 53.5. The van der Waals surface area contributed by atoms with Crippen LogP contribution in [0.25, 0.3) is 9.69 Å². The van der Waals surface area contributed by atoms with Gasteiger partial charge in [-0.2, -0.15) is 15.8 Å². The molecular formula is C106H129N13O16. The summed E-state index contributed by atoms with van der Waals surface area (Å²) >= 11 is 0. The highest BCUT2D eigenvalue weighted by molar-refractivity contribution is 6.22. The molecule has 0 atom stereocenters. The number of carbonyl (C=O) groups is 9. The summed E-state index contributed by atoms with van der Waals surface area (Å²) in [5.74, 6) is -8.83. The van der Waals surface area contributed by atoms with Gasteiger partial charge in [0.05, 0.1) is 6.61 Å². The molecule has 0 aromatic heterocycles. The molecule has 7 aliphatic heterocycles. The third-order valence-corrected chi connectivity index (χ3v) is 21.1. The molecule has 4 aromatic carbocycles. The number of rotatable bonds is 34. The molecule has 0 N–H and O–H groups in total. The fraction of sp³-hybridized carbons (Fsp3) is 0.415. The minimum atomic E-state index is -1.27. The summed E-state index contributed by atoms with van der Waals surface area (Å²) in [7, 11) is 3.19. The molecule has 7 heterocycles. The quantitative estimate of drug-likeness (QED) is 0.00613. The van der Waals surface area contributed by atoms with Crippen molar-refractivity contribution in [3.8, 4) is 18.2 Å². The molecule has 29 heteroatoms. The summed E-state index contributed by atoms with van der Waals surface area (Å²) in [4.78, 5) is 125. The third kappa shape index (κ3) is 42.6.